The zero-order valence-corrected chi connectivity index (χ0v) is 17.0. The van der Waals surface area contributed by atoms with Gasteiger partial charge in [-0.15, -0.1) is 0 Å². The molecule has 0 aliphatic carbocycles. The van der Waals surface area contributed by atoms with Gasteiger partial charge in [0.2, 0.25) is 5.95 Å². The molecular weight excluding hydrogens is 402 g/mol. The molecule has 1 aliphatic heterocycles. The Morgan fingerprint density at radius 1 is 1.39 bits per heavy atom. The maximum absolute atomic E-state index is 13.0. The minimum atomic E-state index is -1.11. The molecule has 0 saturated carbocycles. The Hall–Kier alpha value is -4.07. The van der Waals surface area contributed by atoms with Crippen molar-refractivity contribution < 1.29 is 19.4 Å². The monoisotopic (exact) mass is 423 g/mol. The lowest BCUT2D eigenvalue weighted by Crippen LogP contribution is -2.30. The summed E-state index contributed by atoms with van der Waals surface area (Å²) in [5, 5.41) is 27.7. The number of carbonyl (C=O) groups excluding carboxylic acids is 1. The van der Waals surface area contributed by atoms with Crippen molar-refractivity contribution in [3.05, 3.63) is 35.2 Å². The number of aryl methyl sites for hydroxylation is 2. The van der Waals surface area contributed by atoms with Crippen LogP contribution in [0, 0.1) is 18.3 Å². The lowest BCUT2D eigenvalue weighted by Gasteiger charge is -2.27. The third kappa shape index (κ3) is 3.75. The Morgan fingerprint density at radius 3 is 2.90 bits per heavy atom. The summed E-state index contributed by atoms with van der Waals surface area (Å²) in [5.41, 5.74) is 2.71. The molecule has 3 heterocycles. The number of nitrogens with zero attached hydrogens (tertiary/aromatic N) is 5. The molecule has 0 bridgehead atoms. The van der Waals surface area contributed by atoms with E-state index >= 15 is 0 Å². The number of rotatable bonds is 6. The molecule has 1 aliphatic rings. The molecule has 2 aromatic heterocycles. The van der Waals surface area contributed by atoms with Gasteiger partial charge in [0, 0.05) is 19.2 Å². The first-order valence-corrected chi connectivity index (χ1v) is 9.82. The second-order valence-electron chi connectivity index (χ2n) is 7.19. The quantitative estimate of drug-likeness (QED) is 0.551. The molecule has 1 atom stereocenters. The zero-order valence-electron chi connectivity index (χ0n) is 17.0. The van der Waals surface area contributed by atoms with E-state index in [2.05, 4.69) is 26.8 Å². The van der Waals surface area contributed by atoms with Gasteiger partial charge in [0.1, 0.15) is 23.6 Å². The van der Waals surface area contributed by atoms with E-state index in [0.29, 0.717) is 47.0 Å². The van der Waals surface area contributed by atoms with Gasteiger partial charge in [-0.2, -0.15) is 10.4 Å². The summed E-state index contributed by atoms with van der Waals surface area (Å²) in [7, 11) is 0. The van der Waals surface area contributed by atoms with Crippen molar-refractivity contribution in [2.24, 2.45) is 0 Å². The van der Waals surface area contributed by atoms with Gasteiger partial charge < -0.3 is 19.7 Å². The van der Waals surface area contributed by atoms with Gasteiger partial charge in [0.25, 0.3) is 5.91 Å². The fraction of sp³-hybridized carbons (Fsp3) is 0.350. The molecule has 0 radical (unpaired) electrons. The lowest BCUT2D eigenvalue weighted by molar-refractivity contribution is 0.101. The Kier molecular flexibility index (Phi) is 5.21. The Balaban J connectivity index is 1.74. The highest BCUT2D eigenvalue weighted by atomic mass is 16.5. The summed E-state index contributed by atoms with van der Waals surface area (Å²) in [6, 6.07) is 6.79. The zero-order chi connectivity index (χ0) is 22.1. The van der Waals surface area contributed by atoms with Gasteiger partial charge in [-0.05, 0) is 32.4 Å². The Labute approximate surface area is 177 Å². The van der Waals surface area contributed by atoms with Crippen LogP contribution in [0.4, 0.5) is 10.7 Å². The van der Waals surface area contributed by atoms with Crippen molar-refractivity contribution >= 4 is 29.0 Å². The predicted octanol–water partition coefficient (Wildman–Crippen LogP) is 2.28. The number of carboxylic acid groups (broad SMARTS) is 1. The number of carbonyl (C=O) groups is 2. The molecule has 0 saturated heterocycles. The fourth-order valence-corrected chi connectivity index (χ4v) is 3.77. The van der Waals surface area contributed by atoms with E-state index in [9.17, 15) is 14.9 Å². The highest BCUT2D eigenvalue weighted by Crippen LogP contribution is 2.38. The molecule has 0 fully saturated rings. The van der Waals surface area contributed by atoms with Crippen LogP contribution in [-0.4, -0.2) is 49.6 Å². The SMILES string of the molecule is CCn1nc(C)cc1C(=O)Nc1nc2cc(C#N)cc3c2n1[C@@H](CCNC(=O)O)CO3. The van der Waals surface area contributed by atoms with E-state index in [1.807, 2.05) is 18.4 Å². The van der Waals surface area contributed by atoms with E-state index in [-0.39, 0.29) is 25.1 Å². The molecule has 2 amide bonds. The summed E-state index contributed by atoms with van der Waals surface area (Å²) in [4.78, 5) is 28.4. The summed E-state index contributed by atoms with van der Waals surface area (Å²) >= 11 is 0. The molecule has 11 nitrogen and oxygen atoms in total. The van der Waals surface area contributed by atoms with E-state index in [1.54, 1.807) is 22.9 Å². The van der Waals surface area contributed by atoms with E-state index < -0.39 is 6.09 Å². The number of hydrogen-bond acceptors (Lipinski definition) is 6. The molecule has 0 spiro atoms. The lowest BCUT2D eigenvalue weighted by atomic mass is 10.1. The van der Waals surface area contributed by atoms with Gasteiger partial charge in [0.05, 0.1) is 28.9 Å². The molecule has 3 aromatic rings. The minimum absolute atomic E-state index is 0.212. The largest absolute Gasteiger partial charge is 0.489 e. The van der Waals surface area contributed by atoms with E-state index in [0.717, 1.165) is 5.69 Å². The number of nitriles is 1. The molecule has 0 unspecified atom stereocenters. The summed E-state index contributed by atoms with van der Waals surface area (Å²) in [6.45, 7) is 4.72. The van der Waals surface area contributed by atoms with Gasteiger partial charge in [-0.3, -0.25) is 14.8 Å². The molecule has 3 N–H and O–H groups in total. The van der Waals surface area contributed by atoms with Crippen LogP contribution in [0.1, 0.15) is 41.1 Å². The van der Waals surface area contributed by atoms with E-state index in [4.69, 9.17) is 9.84 Å². The first-order valence-electron chi connectivity index (χ1n) is 9.82. The highest BCUT2D eigenvalue weighted by molar-refractivity contribution is 6.03. The standard InChI is InChI=1S/C20H21N7O4/c1-3-26-15(6-11(2)25-26)18(28)24-19-23-14-7-12(9-21)8-16-17(14)27(19)13(10-31-16)4-5-22-20(29)30/h6-8,13,22H,3-5,10H2,1-2H3,(H,29,30)(H,23,24,28)/t13-/m0/s1. The minimum Gasteiger partial charge on any atom is -0.489 e. The van der Waals surface area contributed by atoms with Gasteiger partial charge >= 0.3 is 6.09 Å². The number of amides is 2. The molecule has 11 heteroatoms. The summed E-state index contributed by atoms with van der Waals surface area (Å²) in [5.74, 6) is 0.449. The number of imidazole rings is 1. The second kappa shape index (κ2) is 7.98. The molecular formula is C20H21N7O4. The fourth-order valence-electron chi connectivity index (χ4n) is 3.77. The van der Waals surface area contributed by atoms with Crippen molar-refractivity contribution in [3.8, 4) is 11.8 Å². The van der Waals surface area contributed by atoms with Crippen molar-refractivity contribution in [3.63, 3.8) is 0 Å². The first-order chi connectivity index (χ1) is 14.9. The molecule has 31 heavy (non-hydrogen) atoms. The third-order valence-corrected chi connectivity index (χ3v) is 5.09. The maximum Gasteiger partial charge on any atom is 0.404 e. The van der Waals surface area contributed by atoms with Crippen LogP contribution in [0.5, 0.6) is 5.75 Å². The number of ether oxygens (including phenoxy) is 1. The summed E-state index contributed by atoms with van der Waals surface area (Å²) in [6.07, 6.45) is -0.671. The average molecular weight is 423 g/mol. The molecule has 1 aromatic carbocycles. The van der Waals surface area contributed by atoms with Crippen LogP contribution in [0.25, 0.3) is 11.0 Å². The van der Waals surface area contributed by atoms with Crippen molar-refractivity contribution in [2.45, 2.75) is 32.9 Å². The van der Waals surface area contributed by atoms with Crippen molar-refractivity contribution in [1.82, 2.24) is 24.6 Å². The van der Waals surface area contributed by atoms with Gasteiger partial charge in [0.15, 0.2) is 0 Å². The molecule has 4 rings (SSSR count). The first kappa shape index (κ1) is 20.2. The van der Waals surface area contributed by atoms with Gasteiger partial charge in [-0.25, -0.2) is 9.78 Å². The van der Waals surface area contributed by atoms with Crippen LogP contribution in [0.2, 0.25) is 0 Å². The number of anilines is 1. The van der Waals surface area contributed by atoms with Crippen molar-refractivity contribution in [1.29, 1.82) is 5.26 Å². The van der Waals surface area contributed by atoms with Crippen LogP contribution in [0.3, 0.4) is 0 Å². The topological polar surface area (TPSA) is 147 Å². The van der Waals surface area contributed by atoms with Gasteiger partial charge in [-0.1, -0.05) is 0 Å². The van der Waals surface area contributed by atoms with Crippen LogP contribution in [-0.2, 0) is 6.54 Å². The number of hydrogen-bond donors (Lipinski definition) is 3. The van der Waals surface area contributed by atoms with Crippen LogP contribution < -0.4 is 15.4 Å². The number of nitrogens with one attached hydrogen (secondary N) is 2. The molecule has 160 valence electrons. The Bertz CT molecular complexity index is 1220. The predicted molar refractivity (Wildman–Crippen MR) is 110 cm³/mol. The summed E-state index contributed by atoms with van der Waals surface area (Å²) < 4.78 is 9.29. The maximum atomic E-state index is 13.0. The number of aromatic nitrogens is 4. The van der Waals surface area contributed by atoms with Crippen LogP contribution in [0.15, 0.2) is 18.2 Å². The average Bonchev–Trinajstić information content (AvgIpc) is 3.30. The number of benzene rings is 1. The van der Waals surface area contributed by atoms with Crippen molar-refractivity contribution in [2.75, 3.05) is 18.5 Å². The smallest absolute Gasteiger partial charge is 0.404 e. The van der Waals surface area contributed by atoms with Crippen LogP contribution >= 0.6 is 0 Å². The highest BCUT2D eigenvalue weighted by Gasteiger charge is 2.29. The van der Waals surface area contributed by atoms with E-state index in [1.165, 1.54) is 0 Å². The second-order valence-corrected chi connectivity index (χ2v) is 7.19. The third-order valence-electron chi connectivity index (χ3n) is 5.09. The normalized spacial score (nSPS) is 14.7. The Morgan fingerprint density at radius 2 is 2.19 bits per heavy atom.